The molecule has 1 N–H and O–H groups in total. The summed E-state index contributed by atoms with van der Waals surface area (Å²) in [5.74, 6) is 1.22. The molecule has 104 valence electrons. The lowest BCUT2D eigenvalue weighted by Crippen LogP contribution is -2.50. The van der Waals surface area contributed by atoms with Gasteiger partial charge in [-0.25, -0.2) is 0 Å². The minimum absolute atomic E-state index is 0.131. The highest BCUT2D eigenvalue weighted by Crippen LogP contribution is 2.57. The Morgan fingerprint density at radius 3 is 2.44 bits per heavy atom. The molecule has 0 spiro atoms. The number of rotatable bonds is 4. The molecule has 0 aromatic heterocycles. The molecule has 0 aromatic rings. The van der Waals surface area contributed by atoms with Crippen molar-refractivity contribution in [2.24, 2.45) is 17.8 Å². The minimum Gasteiger partial charge on any atom is -0.389 e. The van der Waals surface area contributed by atoms with Crippen LogP contribution in [-0.2, 0) is 4.74 Å². The highest BCUT2D eigenvalue weighted by Gasteiger charge is 2.61. The summed E-state index contributed by atoms with van der Waals surface area (Å²) in [5, 5.41) is 10.9. The van der Waals surface area contributed by atoms with Gasteiger partial charge < -0.3 is 9.84 Å². The van der Waals surface area contributed by atoms with Crippen LogP contribution < -0.4 is 0 Å². The van der Waals surface area contributed by atoms with Crippen LogP contribution in [-0.4, -0.2) is 23.4 Å². The van der Waals surface area contributed by atoms with Gasteiger partial charge in [0.1, 0.15) is 0 Å². The fourth-order valence-electron chi connectivity index (χ4n) is 4.90. The van der Waals surface area contributed by atoms with Crippen LogP contribution in [0.15, 0.2) is 12.7 Å². The zero-order valence-corrected chi connectivity index (χ0v) is 12.1. The number of ether oxygens (including phenoxy) is 1. The van der Waals surface area contributed by atoms with Crippen LogP contribution in [0.2, 0.25) is 0 Å². The summed E-state index contributed by atoms with van der Waals surface area (Å²) < 4.78 is 6.05. The van der Waals surface area contributed by atoms with Crippen LogP contribution in [0.3, 0.4) is 0 Å². The molecular formula is C16H28O2. The summed E-state index contributed by atoms with van der Waals surface area (Å²) in [6.07, 6.45) is 8.51. The van der Waals surface area contributed by atoms with Gasteiger partial charge in [-0.05, 0) is 37.5 Å². The van der Waals surface area contributed by atoms with Crippen molar-refractivity contribution in [2.45, 2.75) is 63.6 Å². The maximum Gasteiger partial charge on any atom is 0.0786 e. The SMILES string of the molecule is C=CC[C@@]1(O)C[C@H](C)[C@@](OC)(C2CCCC2)[C@@H]1C. The van der Waals surface area contributed by atoms with Gasteiger partial charge in [0.15, 0.2) is 0 Å². The Balaban J connectivity index is 2.32. The van der Waals surface area contributed by atoms with Gasteiger partial charge in [-0.3, -0.25) is 0 Å². The van der Waals surface area contributed by atoms with E-state index in [1.165, 1.54) is 25.7 Å². The molecule has 0 aliphatic heterocycles. The normalized spacial score (nSPS) is 45.6. The summed E-state index contributed by atoms with van der Waals surface area (Å²) >= 11 is 0. The Kier molecular flexibility index (Phi) is 3.89. The summed E-state index contributed by atoms with van der Waals surface area (Å²) in [7, 11) is 1.84. The van der Waals surface area contributed by atoms with Crippen LogP contribution in [0.25, 0.3) is 0 Å². The second-order valence-corrected chi connectivity index (χ2v) is 6.46. The average molecular weight is 252 g/mol. The van der Waals surface area contributed by atoms with E-state index in [-0.39, 0.29) is 11.5 Å². The maximum absolute atomic E-state index is 10.9. The molecule has 18 heavy (non-hydrogen) atoms. The Morgan fingerprint density at radius 1 is 1.33 bits per heavy atom. The number of hydrogen-bond acceptors (Lipinski definition) is 2. The van der Waals surface area contributed by atoms with Gasteiger partial charge in [0.2, 0.25) is 0 Å². The van der Waals surface area contributed by atoms with E-state index in [0.29, 0.717) is 18.3 Å². The topological polar surface area (TPSA) is 29.5 Å². The lowest BCUT2D eigenvalue weighted by Gasteiger charge is -2.43. The predicted molar refractivity (Wildman–Crippen MR) is 74.4 cm³/mol. The van der Waals surface area contributed by atoms with Crippen molar-refractivity contribution in [3.05, 3.63) is 12.7 Å². The first-order chi connectivity index (χ1) is 8.51. The zero-order chi connectivity index (χ0) is 13.4. The molecule has 2 fully saturated rings. The van der Waals surface area contributed by atoms with Crippen molar-refractivity contribution in [3.63, 3.8) is 0 Å². The Bertz CT molecular complexity index is 308. The Hall–Kier alpha value is -0.340. The highest BCUT2D eigenvalue weighted by molar-refractivity contribution is 5.13. The summed E-state index contributed by atoms with van der Waals surface area (Å²) in [6.45, 7) is 8.22. The van der Waals surface area contributed by atoms with Crippen molar-refractivity contribution in [1.82, 2.24) is 0 Å². The first-order valence-electron chi connectivity index (χ1n) is 7.39. The van der Waals surface area contributed by atoms with E-state index in [1.807, 2.05) is 13.2 Å². The van der Waals surface area contributed by atoms with Crippen molar-refractivity contribution in [3.8, 4) is 0 Å². The second-order valence-electron chi connectivity index (χ2n) is 6.46. The first kappa shape index (κ1) is 14.1. The summed E-state index contributed by atoms with van der Waals surface area (Å²) in [5.41, 5.74) is -0.756. The number of methoxy groups -OCH3 is 1. The second kappa shape index (κ2) is 4.97. The van der Waals surface area contributed by atoms with Crippen LogP contribution in [0.1, 0.15) is 52.4 Å². The van der Waals surface area contributed by atoms with Gasteiger partial charge in [0.05, 0.1) is 11.2 Å². The van der Waals surface area contributed by atoms with E-state index in [1.54, 1.807) is 0 Å². The van der Waals surface area contributed by atoms with Crippen molar-refractivity contribution < 1.29 is 9.84 Å². The van der Waals surface area contributed by atoms with E-state index in [2.05, 4.69) is 20.4 Å². The van der Waals surface area contributed by atoms with Gasteiger partial charge in [0.25, 0.3) is 0 Å². The Morgan fingerprint density at radius 2 is 1.94 bits per heavy atom. The molecule has 2 heteroatoms. The van der Waals surface area contributed by atoms with Gasteiger partial charge in [-0.2, -0.15) is 0 Å². The third-order valence-electron chi connectivity index (χ3n) is 5.76. The van der Waals surface area contributed by atoms with Gasteiger partial charge >= 0.3 is 0 Å². The summed E-state index contributed by atoms with van der Waals surface area (Å²) in [4.78, 5) is 0. The van der Waals surface area contributed by atoms with E-state index in [0.717, 1.165) is 6.42 Å². The summed E-state index contributed by atoms with van der Waals surface area (Å²) in [6, 6.07) is 0. The predicted octanol–water partition coefficient (Wildman–Crippen LogP) is 3.54. The molecule has 0 bridgehead atoms. The van der Waals surface area contributed by atoms with Crippen LogP contribution in [0.4, 0.5) is 0 Å². The molecule has 0 amide bonds. The largest absolute Gasteiger partial charge is 0.389 e. The third kappa shape index (κ3) is 1.85. The monoisotopic (exact) mass is 252 g/mol. The fourth-order valence-corrected chi connectivity index (χ4v) is 4.90. The van der Waals surface area contributed by atoms with Crippen LogP contribution >= 0.6 is 0 Å². The molecule has 0 radical (unpaired) electrons. The first-order valence-corrected chi connectivity index (χ1v) is 7.39. The van der Waals surface area contributed by atoms with Crippen molar-refractivity contribution in [1.29, 1.82) is 0 Å². The molecule has 0 unspecified atom stereocenters. The van der Waals surface area contributed by atoms with Crippen LogP contribution in [0, 0.1) is 17.8 Å². The van der Waals surface area contributed by atoms with E-state index < -0.39 is 5.60 Å². The van der Waals surface area contributed by atoms with E-state index in [4.69, 9.17) is 4.74 Å². The Labute approximate surface area is 111 Å². The zero-order valence-electron chi connectivity index (χ0n) is 12.1. The van der Waals surface area contributed by atoms with Crippen LogP contribution in [0.5, 0.6) is 0 Å². The van der Waals surface area contributed by atoms with Gasteiger partial charge in [-0.1, -0.05) is 32.8 Å². The molecule has 2 saturated carbocycles. The minimum atomic E-state index is -0.625. The molecular weight excluding hydrogens is 224 g/mol. The quantitative estimate of drug-likeness (QED) is 0.775. The number of hydrogen-bond donors (Lipinski definition) is 1. The van der Waals surface area contributed by atoms with Crippen molar-refractivity contribution >= 4 is 0 Å². The standard InChI is InChI=1S/C16H28O2/c1-5-10-15(17)11-12(2)16(18-4,13(15)3)14-8-6-7-9-14/h5,12-14,17H,1,6-11H2,2-4H3/t12-,13+,15+,16-/m0/s1. The molecule has 4 atom stereocenters. The smallest absolute Gasteiger partial charge is 0.0786 e. The molecule has 0 saturated heterocycles. The molecule has 0 heterocycles. The van der Waals surface area contributed by atoms with Gasteiger partial charge in [-0.15, -0.1) is 6.58 Å². The van der Waals surface area contributed by atoms with E-state index >= 15 is 0 Å². The lowest BCUT2D eigenvalue weighted by molar-refractivity contribution is -0.133. The van der Waals surface area contributed by atoms with Crippen molar-refractivity contribution in [2.75, 3.05) is 7.11 Å². The molecule has 0 aromatic carbocycles. The number of aliphatic hydroxyl groups is 1. The van der Waals surface area contributed by atoms with Gasteiger partial charge in [0, 0.05) is 13.0 Å². The molecule has 2 aliphatic carbocycles. The molecule has 2 nitrogen and oxygen atoms in total. The average Bonchev–Trinajstić information content (AvgIpc) is 2.89. The maximum atomic E-state index is 10.9. The third-order valence-corrected chi connectivity index (χ3v) is 5.76. The van der Waals surface area contributed by atoms with E-state index in [9.17, 15) is 5.11 Å². The molecule has 2 aliphatic rings. The highest BCUT2D eigenvalue weighted by atomic mass is 16.5. The fraction of sp³-hybridized carbons (Fsp3) is 0.875. The molecule has 2 rings (SSSR count). The lowest BCUT2D eigenvalue weighted by atomic mass is 9.72.